The first kappa shape index (κ1) is 17.1. The lowest BCUT2D eigenvalue weighted by Gasteiger charge is -2.03. The molecule has 1 amide bonds. The van der Waals surface area contributed by atoms with Crippen molar-refractivity contribution in [3.05, 3.63) is 41.7 Å². The predicted molar refractivity (Wildman–Crippen MR) is 98.9 cm³/mol. The summed E-state index contributed by atoms with van der Waals surface area (Å²) in [6, 6.07) is 7.68. The number of ether oxygens (including phenoxy) is 1. The number of fused-ring (bicyclic) bond motifs is 1. The van der Waals surface area contributed by atoms with Gasteiger partial charge < -0.3 is 15.0 Å². The first-order valence-corrected chi connectivity index (χ1v) is 8.53. The smallest absolute Gasteiger partial charge is 0.230 e. The number of nitrogens with zero attached hydrogens (tertiary/aromatic N) is 1. The summed E-state index contributed by atoms with van der Waals surface area (Å²) < 4.78 is 5.26. The SMILES string of the molecule is COc1ccc2[nH]cc(CC(=O)Nc3cc(CCC(C)C)[nH]n3)c2c1. The van der Waals surface area contributed by atoms with E-state index in [4.69, 9.17) is 4.74 Å². The van der Waals surface area contributed by atoms with Gasteiger partial charge in [-0.05, 0) is 42.5 Å². The van der Waals surface area contributed by atoms with E-state index in [9.17, 15) is 4.79 Å². The highest BCUT2D eigenvalue weighted by atomic mass is 16.5. The molecular weight excluding hydrogens is 316 g/mol. The second-order valence-corrected chi connectivity index (χ2v) is 6.66. The van der Waals surface area contributed by atoms with Gasteiger partial charge in [0.1, 0.15) is 5.75 Å². The zero-order valence-corrected chi connectivity index (χ0v) is 14.8. The van der Waals surface area contributed by atoms with E-state index in [0.29, 0.717) is 11.7 Å². The third-order valence-corrected chi connectivity index (χ3v) is 4.22. The van der Waals surface area contributed by atoms with Gasteiger partial charge in [0.25, 0.3) is 0 Å². The molecule has 132 valence electrons. The standard InChI is InChI=1S/C19H24N4O2/c1-12(2)4-5-14-9-18(23-22-14)21-19(24)8-13-11-20-17-7-6-15(25-3)10-16(13)17/h6-7,9-12,20H,4-5,8H2,1-3H3,(H2,21,22,23,24). The summed E-state index contributed by atoms with van der Waals surface area (Å²) in [6.45, 7) is 4.38. The molecule has 0 fully saturated rings. The Bertz CT molecular complexity index is 863. The topological polar surface area (TPSA) is 82.8 Å². The number of methoxy groups -OCH3 is 1. The van der Waals surface area contributed by atoms with Gasteiger partial charge in [0.2, 0.25) is 5.91 Å². The van der Waals surface area contributed by atoms with Crippen LogP contribution in [-0.4, -0.2) is 28.2 Å². The lowest BCUT2D eigenvalue weighted by molar-refractivity contribution is -0.115. The number of rotatable bonds is 7. The minimum atomic E-state index is -0.0920. The summed E-state index contributed by atoms with van der Waals surface area (Å²) >= 11 is 0. The van der Waals surface area contributed by atoms with E-state index in [1.54, 1.807) is 7.11 Å². The molecule has 3 N–H and O–H groups in total. The second-order valence-electron chi connectivity index (χ2n) is 6.66. The molecule has 6 heteroatoms. The molecule has 0 bridgehead atoms. The first-order chi connectivity index (χ1) is 12.0. The molecule has 0 saturated carbocycles. The van der Waals surface area contributed by atoms with Crippen LogP contribution in [-0.2, 0) is 17.6 Å². The highest BCUT2D eigenvalue weighted by Gasteiger charge is 2.11. The van der Waals surface area contributed by atoms with Gasteiger partial charge >= 0.3 is 0 Å². The van der Waals surface area contributed by atoms with Crippen LogP contribution in [0.15, 0.2) is 30.5 Å². The molecule has 0 unspecified atom stereocenters. The van der Waals surface area contributed by atoms with E-state index in [-0.39, 0.29) is 12.3 Å². The summed E-state index contributed by atoms with van der Waals surface area (Å²) in [7, 11) is 1.63. The summed E-state index contributed by atoms with van der Waals surface area (Å²) in [5, 5.41) is 11.0. The normalized spacial score (nSPS) is 11.2. The van der Waals surface area contributed by atoms with Crippen LogP contribution < -0.4 is 10.1 Å². The Hall–Kier alpha value is -2.76. The van der Waals surface area contributed by atoms with E-state index in [1.807, 2.05) is 30.5 Å². The predicted octanol–water partition coefficient (Wildman–Crippen LogP) is 3.67. The van der Waals surface area contributed by atoms with Crippen molar-refractivity contribution < 1.29 is 9.53 Å². The number of carbonyl (C=O) groups excluding carboxylic acids is 1. The largest absolute Gasteiger partial charge is 0.497 e. The average molecular weight is 340 g/mol. The number of hydrogen-bond acceptors (Lipinski definition) is 3. The monoisotopic (exact) mass is 340 g/mol. The van der Waals surface area contributed by atoms with Crippen molar-refractivity contribution in [2.45, 2.75) is 33.1 Å². The van der Waals surface area contributed by atoms with Crippen molar-refractivity contribution in [1.82, 2.24) is 15.2 Å². The number of carbonyl (C=O) groups is 1. The average Bonchev–Trinajstić information content (AvgIpc) is 3.19. The van der Waals surface area contributed by atoms with Crippen molar-refractivity contribution in [3.8, 4) is 5.75 Å². The fourth-order valence-electron chi connectivity index (χ4n) is 2.79. The van der Waals surface area contributed by atoms with Gasteiger partial charge in [0.05, 0.1) is 13.5 Å². The molecule has 2 aromatic heterocycles. The van der Waals surface area contributed by atoms with Crippen molar-refractivity contribution in [1.29, 1.82) is 0 Å². The highest BCUT2D eigenvalue weighted by molar-refractivity contribution is 5.95. The van der Waals surface area contributed by atoms with Crippen molar-refractivity contribution in [3.63, 3.8) is 0 Å². The van der Waals surface area contributed by atoms with Crippen LogP contribution >= 0.6 is 0 Å². The number of nitrogens with one attached hydrogen (secondary N) is 3. The molecule has 3 aromatic rings. The highest BCUT2D eigenvalue weighted by Crippen LogP contribution is 2.24. The number of benzene rings is 1. The Labute approximate surface area is 147 Å². The lowest BCUT2D eigenvalue weighted by atomic mass is 10.1. The third-order valence-electron chi connectivity index (χ3n) is 4.22. The van der Waals surface area contributed by atoms with Crippen LogP contribution in [0.4, 0.5) is 5.82 Å². The minimum absolute atomic E-state index is 0.0920. The molecule has 0 radical (unpaired) electrons. The number of amides is 1. The molecule has 0 aliphatic rings. The molecule has 0 atom stereocenters. The van der Waals surface area contributed by atoms with Gasteiger partial charge in [0.15, 0.2) is 5.82 Å². The number of H-pyrrole nitrogens is 2. The van der Waals surface area contributed by atoms with Gasteiger partial charge in [-0.25, -0.2) is 0 Å². The Morgan fingerprint density at radius 1 is 1.32 bits per heavy atom. The zero-order chi connectivity index (χ0) is 17.8. The van der Waals surface area contributed by atoms with Gasteiger partial charge in [0, 0.05) is 28.9 Å². The van der Waals surface area contributed by atoms with E-state index in [0.717, 1.165) is 40.8 Å². The molecule has 2 heterocycles. The van der Waals surface area contributed by atoms with Gasteiger partial charge in [-0.1, -0.05) is 13.8 Å². The number of hydrogen-bond donors (Lipinski definition) is 3. The summed E-state index contributed by atoms with van der Waals surface area (Å²) in [4.78, 5) is 15.5. The molecule has 25 heavy (non-hydrogen) atoms. The maximum absolute atomic E-state index is 12.3. The van der Waals surface area contributed by atoms with E-state index in [1.165, 1.54) is 0 Å². The fourth-order valence-corrected chi connectivity index (χ4v) is 2.79. The lowest BCUT2D eigenvalue weighted by Crippen LogP contribution is -2.14. The van der Waals surface area contributed by atoms with Crippen LogP contribution in [0.2, 0.25) is 0 Å². The number of aromatic amines is 2. The molecular formula is C19H24N4O2. The molecule has 1 aromatic carbocycles. The molecule has 0 saturated heterocycles. The summed E-state index contributed by atoms with van der Waals surface area (Å²) in [6.07, 6.45) is 4.17. The van der Waals surface area contributed by atoms with Crippen LogP contribution in [0.5, 0.6) is 5.75 Å². The van der Waals surface area contributed by atoms with E-state index >= 15 is 0 Å². The van der Waals surface area contributed by atoms with Gasteiger partial charge in [-0.2, -0.15) is 5.10 Å². The van der Waals surface area contributed by atoms with Gasteiger partial charge in [-0.15, -0.1) is 0 Å². The van der Waals surface area contributed by atoms with Gasteiger partial charge in [-0.3, -0.25) is 9.89 Å². The van der Waals surface area contributed by atoms with Crippen LogP contribution in [0.25, 0.3) is 10.9 Å². The van der Waals surface area contributed by atoms with Crippen molar-refractivity contribution >= 4 is 22.6 Å². The van der Waals surface area contributed by atoms with Crippen molar-refractivity contribution in [2.24, 2.45) is 5.92 Å². The quantitative estimate of drug-likeness (QED) is 0.614. The Kier molecular flexibility index (Phi) is 5.07. The van der Waals surface area contributed by atoms with Crippen molar-refractivity contribution in [2.75, 3.05) is 12.4 Å². The van der Waals surface area contributed by atoms with Crippen LogP contribution in [0, 0.1) is 5.92 Å². The molecule has 3 rings (SSSR count). The number of aryl methyl sites for hydroxylation is 1. The number of anilines is 1. The van der Waals surface area contributed by atoms with E-state index in [2.05, 4.69) is 34.3 Å². The Balaban J connectivity index is 1.65. The number of aromatic nitrogens is 3. The maximum atomic E-state index is 12.3. The molecule has 0 aliphatic heterocycles. The van der Waals surface area contributed by atoms with E-state index < -0.39 is 0 Å². The second kappa shape index (κ2) is 7.42. The first-order valence-electron chi connectivity index (χ1n) is 8.53. The minimum Gasteiger partial charge on any atom is -0.497 e. The van der Waals surface area contributed by atoms with Crippen LogP contribution in [0.3, 0.4) is 0 Å². The molecule has 6 nitrogen and oxygen atoms in total. The third kappa shape index (κ3) is 4.21. The molecule has 0 aliphatic carbocycles. The fraction of sp³-hybridized carbons (Fsp3) is 0.368. The Morgan fingerprint density at radius 2 is 2.16 bits per heavy atom. The van der Waals surface area contributed by atoms with Crippen LogP contribution in [0.1, 0.15) is 31.5 Å². The Morgan fingerprint density at radius 3 is 2.92 bits per heavy atom. The zero-order valence-electron chi connectivity index (χ0n) is 14.8. The molecule has 0 spiro atoms. The summed E-state index contributed by atoms with van der Waals surface area (Å²) in [5.74, 6) is 1.89. The summed E-state index contributed by atoms with van der Waals surface area (Å²) in [5.41, 5.74) is 2.96. The maximum Gasteiger partial charge on any atom is 0.230 e.